The fourth-order valence-corrected chi connectivity index (χ4v) is 2.20. The van der Waals surface area contributed by atoms with Gasteiger partial charge in [-0.25, -0.2) is 9.78 Å². The van der Waals surface area contributed by atoms with Crippen LogP contribution >= 0.6 is 0 Å². The molecule has 3 rings (SSSR count). The van der Waals surface area contributed by atoms with Crippen molar-refractivity contribution in [1.29, 1.82) is 0 Å². The van der Waals surface area contributed by atoms with Crippen LogP contribution in [0.2, 0.25) is 0 Å². The Balaban J connectivity index is 1.84. The first kappa shape index (κ1) is 14.7. The first-order chi connectivity index (χ1) is 10.9. The predicted molar refractivity (Wildman–Crippen MR) is 78.1 cm³/mol. The second-order valence-electron chi connectivity index (χ2n) is 4.88. The molecule has 23 heavy (non-hydrogen) atoms. The summed E-state index contributed by atoms with van der Waals surface area (Å²) in [6, 6.07) is 7.98. The van der Waals surface area contributed by atoms with Gasteiger partial charge in [-0.3, -0.25) is 15.0 Å². The zero-order chi connectivity index (χ0) is 16.6. The van der Waals surface area contributed by atoms with Crippen LogP contribution in [0, 0.1) is 0 Å². The lowest BCUT2D eigenvalue weighted by Crippen LogP contribution is -2.37. The summed E-state index contributed by atoms with van der Waals surface area (Å²) in [5.41, 5.74) is 8.58. The average molecular weight is 316 g/mol. The van der Waals surface area contributed by atoms with Gasteiger partial charge in [0.1, 0.15) is 6.10 Å². The Morgan fingerprint density at radius 2 is 2.13 bits per heavy atom. The number of aliphatic hydroxyl groups is 1. The van der Waals surface area contributed by atoms with E-state index in [1.807, 2.05) is 0 Å². The van der Waals surface area contributed by atoms with Crippen molar-refractivity contribution in [1.82, 2.24) is 9.99 Å². The highest BCUT2D eigenvalue weighted by Gasteiger charge is 2.37. The SMILES string of the molecule is NC(=O)Oc1ccc2cc(NN3C(=O)CC(O)C3=O)ccc2n1. The summed E-state index contributed by atoms with van der Waals surface area (Å²) in [5, 5.41) is 10.8. The number of nitrogens with two attached hydrogens (primary N) is 1. The molecule has 0 bridgehead atoms. The molecule has 3 amide bonds. The molecule has 1 aliphatic rings. The Bertz CT molecular complexity index is 822. The van der Waals surface area contributed by atoms with Gasteiger partial charge >= 0.3 is 6.09 Å². The number of benzene rings is 1. The number of carbonyl (C=O) groups excluding carboxylic acids is 3. The van der Waals surface area contributed by atoms with E-state index in [2.05, 4.69) is 15.1 Å². The molecule has 0 radical (unpaired) electrons. The number of hydrogen-bond donors (Lipinski definition) is 3. The van der Waals surface area contributed by atoms with E-state index in [-0.39, 0.29) is 12.3 Å². The molecule has 1 aromatic carbocycles. The molecule has 1 aliphatic heterocycles. The molecule has 1 atom stereocenters. The standard InChI is InChI=1S/C14H12N4O5/c15-14(22)23-11-4-1-7-5-8(2-3-9(7)16-11)17-18-12(20)6-10(19)13(18)21/h1-5,10,17,19H,6H2,(H2,15,22). The lowest BCUT2D eigenvalue weighted by atomic mass is 10.2. The van der Waals surface area contributed by atoms with Crippen LogP contribution < -0.4 is 15.9 Å². The number of carbonyl (C=O) groups is 3. The number of primary amides is 1. The zero-order valence-corrected chi connectivity index (χ0v) is 11.7. The van der Waals surface area contributed by atoms with Gasteiger partial charge in [-0.2, -0.15) is 5.01 Å². The number of fused-ring (bicyclic) bond motifs is 1. The van der Waals surface area contributed by atoms with Gasteiger partial charge in [0.25, 0.3) is 11.8 Å². The van der Waals surface area contributed by atoms with E-state index < -0.39 is 24.0 Å². The van der Waals surface area contributed by atoms with Crippen molar-refractivity contribution in [2.45, 2.75) is 12.5 Å². The normalized spacial score (nSPS) is 17.6. The molecule has 1 aromatic heterocycles. The third-order valence-corrected chi connectivity index (χ3v) is 3.23. The van der Waals surface area contributed by atoms with Gasteiger partial charge in [-0.05, 0) is 24.3 Å². The number of pyridine rings is 1. The molecule has 9 heteroatoms. The van der Waals surface area contributed by atoms with E-state index in [1.54, 1.807) is 24.3 Å². The van der Waals surface area contributed by atoms with Gasteiger partial charge in [0.2, 0.25) is 5.88 Å². The van der Waals surface area contributed by atoms with E-state index in [9.17, 15) is 19.5 Å². The van der Waals surface area contributed by atoms with Crippen molar-refractivity contribution in [2.24, 2.45) is 5.73 Å². The van der Waals surface area contributed by atoms with Crippen LogP contribution in [0.15, 0.2) is 30.3 Å². The Kier molecular flexibility index (Phi) is 3.54. The summed E-state index contributed by atoms with van der Waals surface area (Å²) in [6.07, 6.45) is -2.51. The second-order valence-corrected chi connectivity index (χ2v) is 4.88. The van der Waals surface area contributed by atoms with Crippen LogP contribution in [0.1, 0.15) is 6.42 Å². The van der Waals surface area contributed by atoms with E-state index in [0.717, 1.165) is 5.01 Å². The molecule has 0 aliphatic carbocycles. The smallest absolute Gasteiger partial charge is 0.391 e. The highest BCUT2D eigenvalue weighted by molar-refractivity contribution is 6.05. The maximum absolute atomic E-state index is 11.7. The lowest BCUT2D eigenvalue weighted by Gasteiger charge is -2.16. The molecular weight excluding hydrogens is 304 g/mol. The minimum atomic E-state index is -1.31. The van der Waals surface area contributed by atoms with E-state index >= 15 is 0 Å². The van der Waals surface area contributed by atoms with Crippen molar-refractivity contribution < 1.29 is 24.2 Å². The minimum absolute atomic E-state index is 0.0683. The topological polar surface area (TPSA) is 135 Å². The molecule has 118 valence electrons. The molecule has 2 heterocycles. The number of hydrazine groups is 1. The Morgan fingerprint density at radius 1 is 1.35 bits per heavy atom. The van der Waals surface area contributed by atoms with Crippen molar-refractivity contribution in [3.05, 3.63) is 30.3 Å². The van der Waals surface area contributed by atoms with Gasteiger partial charge in [0.05, 0.1) is 17.6 Å². The molecule has 0 saturated carbocycles. The van der Waals surface area contributed by atoms with E-state index in [1.165, 1.54) is 6.07 Å². The molecule has 4 N–H and O–H groups in total. The number of amides is 3. The maximum atomic E-state index is 11.7. The second kappa shape index (κ2) is 5.54. The fourth-order valence-electron chi connectivity index (χ4n) is 2.20. The summed E-state index contributed by atoms with van der Waals surface area (Å²) >= 11 is 0. The van der Waals surface area contributed by atoms with Crippen LogP contribution in [0.5, 0.6) is 5.88 Å². The number of rotatable bonds is 3. The molecular formula is C14H12N4O5. The summed E-state index contributed by atoms with van der Waals surface area (Å²) in [6.45, 7) is 0. The summed E-state index contributed by atoms with van der Waals surface area (Å²) in [4.78, 5) is 38.1. The van der Waals surface area contributed by atoms with Gasteiger partial charge in [0.15, 0.2) is 0 Å². The van der Waals surface area contributed by atoms with Crippen molar-refractivity contribution >= 4 is 34.5 Å². The van der Waals surface area contributed by atoms with E-state index in [4.69, 9.17) is 5.73 Å². The van der Waals surface area contributed by atoms with Crippen LogP contribution in [0.25, 0.3) is 10.9 Å². The van der Waals surface area contributed by atoms with Crippen molar-refractivity contribution in [3.63, 3.8) is 0 Å². The van der Waals surface area contributed by atoms with Gasteiger partial charge in [0, 0.05) is 11.5 Å². The van der Waals surface area contributed by atoms with Gasteiger partial charge in [-0.15, -0.1) is 0 Å². The predicted octanol–water partition coefficient (Wildman–Crippen LogP) is 0.139. The molecule has 2 aromatic rings. The minimum Gasteiger partial charge on any atom is -0.391 e. The average Bonchev–Trinajstić information content (AvgIpc) is 2.73. The van der Waals surface area contributed by atoms with Crippen molar-refractivity contribution in [3.8, 4) is 5.88 Å². The summed E-state index contributed by atoms with van der Waals surface area (Å²) in [5.74, 6) is -1.14. The Morgan fingerprint density at radius 3 is 2.78 bits per heavy atom. The quantitative estimate of drug-likeness (QED) is 0.685. The fraction of sp³-hybridized carbons (Fsp3) is 0.143. The Labute approximate surface area is 129 Å². The number of nitrogens with zero attached hydrogens (tertiary/aromatic N) is 2. The van der Waals surface area contributed by atoms with Crippen molar-refractivity contribution in [2.75, 3.05) is 5.43 Å². The largest absolute Gasteiger partial charge is 0.411 e. The molecule has 9 nitrogen and oxygen atoms in total. The number of anilines is 1. The monoisotopic (exact) mass is 316 g/mol. The first-order valence-electron chi connectivity index (χ1n) is 6.63. The number of nitrogens with one attached hydrogen (secondary N) is 1. The molecule has 1 fully saturated rings. The third-order valence-electron chi connectivity index (χ3n) is 3.23. The zero-order valence-electron chi connectivity index (χ0n) is 11.7. The highest BCUT2D eigenvalue weighted by atomic mass is 16.6. The van der Waals surface area contributed by atoms with E-state index in [0.29, 0.717) is 16.6 Å². The van der Waals surface area contributed by atoms with Gasteiger partial charge in [-0.1, -0.05) is 0 Å². The van der Waals surface area contributed by atoms with Crippen LogP contribution in [0.3, 0.4) is 0 Å². The number of ether oxygens (including phenoxy) is 1. The highest BCUT2D eigenvalue weighted by Crippen LogP contribution is 2.22. The molecule has 1 unspecified atom stereocenters. The lowest BCUT2D eigenvalue weighted by molar-refractivity contribution is -0.139. The summed E-state index contributed by atoms with van der Waals surface area (Å²) < 4.78 is 4.69. The Hall–Kier alpha value is -3.20. The first-order valence-corrected chi connectivity index (χ1v) is 6.63. The summed E-state index contributed by atoms with van der Waals surface area (Å²) in [7, 11) is 0. The third kappa shape index (κ3) is 2.90. The molecule has 0 spiro atoms. The van der Waals surface area contributed by atoms with Crippen LogP contribution in [-0.2, 0) is 9.59 Å². The number of aliphatic hydroxyl groups excluding tert-OH is 1. The maximum Gasteiger partial charge on any atom is 0.411 e. The molecule has 1 saturated heterocycles. The number of hydrogen-bond acceptors (Lipinski definition) is 7. The number of aromatic nitrogens is 1. The van der Waals surface area contributed by atoms with Crippen LogP contribution in [0.4, 0.5) is 10.5 Å². The number of imide groups is 1. The van der Waals surface area contributed by atoms with Crippen LogP contribution in [-0.4, -0.2) is 39.1 Å². The van der Waals surface area contributed by atoms with Gasteiger partial charge < -0.3 is 15.6 Å².